The average molecular weight is 235 g/mol. The Labute approximate surface area is 101 Å². The van der Waals surface area contributed by atoms with Crippen LogP contribution in [0.1, 0.15) is 6.92 Å². The van der Waals surface area contributed by atoms with E-state index in [4.69, 9.17) is 10.5 Å². The van der Waals surface area contributed by atoms with Gasteiger partial charge in [0.25, 0.3) is 0 Å². The second-order valence-corrected chi connectivity index (χ2v) is 4.10. The van der Waals surface area contributed by atoms with E-state index in [-0.39, 0.29) is 12.1 Å². The van der Waals surface area contributed by atoms with Gasteiger partial charge in [-0.1, -0.05) is 6.07 Å². The number of ether oxygens (including phenoxy) is 1. The van der Waals surface area contributed by atoms with E-state index in [0.29, 0.717) is 19.7 Å². The SMILES string of the molecule is CC(CN)Nc1cccc(N2CCOC2=O)c1. The third-order valence-electron chi connectivity index (χ3n) is 2.69. The van der Waals surface area contributed by atoms with Gasteiger partial charge in [0, 0.05) is 24.0 Å². The van der Waals surface area contributed by atoms with Crippen molar-refractivity contribution in [2.45, 2.75) is 13.0 Å². The third-order valence-corrected chi connectivity index (χ3v) is 2.69. The van der Waals surface area contributed by atoms with Gasteiger partial charge in [-0.15, -0.1) is 0 Å². The van der Waals surface area contributed by atoms with E-state index >= 15 is 0 Å². The summed E-state index contributed by atoms with van der Waals surface area (Å²) < 4.78 is 4.91. The Morgan fingerprint density at radius 3 is 3.06 bits per heavy atom. The molecule has 3 N–H and O–H groups in total. The maximum Gasteiger partial charge on any atom is 0.414 e. The van der Waals surface area contributed by atoms with Crippen LogP contribution in [0, 0.1) is 0 Å². The van der Waals surface area contributed by atoms with Crippen molar-refractivity contribution in [3.05, 3.63) is 24.3 Å². The highest BCUT2D eigenvalue weighted by Crippen LogP contribution is 2.22. The maximum absolute atomic E-state index is 11.4. The van der Waals surface area contributed by atoms with E-state index < -0.39 is 0 Å². The first-order chi connectivity index (χ1) is 8.20. The number of benzene rings is 1. The molecule has 1 aliphatic rings. The first-order valence-electron chi connectivity index (χ1n) is 5.71. The molecule has 1 aromatic rings. The molecule has 0 spiro atoms. The van der Waals surface area contributed by atoms with Crippen LogP contribution in [0.5, 0.6) is 0 Å². The molecule has 92 valence electrons. The number of nitrogens with two attached hydrogens (primary N) is 1. The number of carbonyl (C=O) groups excluding carboxylic acids is 1. The minimum absolute atomic E-state index is 0.204. The predicted octanol–water partition coefficient (Wildman–Crippen LogP) is 1.40. The highest BCUT2D eigenvalue weighted by molar-refractivity contribution is 5.89. The Morgan fingerprint density at radius 2 is 2.41 bits per heavy atom. The van der Waals surface area contributed by atoms with Crippen LogP contribution >= 0.6 is 0 Å². The summed E-state index contributed by atoms with van der Waals surface area (Å²) in [4.78, 5) is 13.1. The smallest absolute Gasteiger partial charge is 0.414 e. The van der Waals surface area contributed by atoms with Gasteiger partial charge in [0.2, 0.25) is 0 Å². The average Bonchev–Trinajstić information content (AvgIpc) is 2.75. The molecular formula is C12H17N3O2. The van der Waals surface area contributed by atoms with Crippen molar-refractivity contribution in [1.82, 2.24) is 0 Å². The minimum Gasteiger partial charge on any atom is -0.447 e. The Hall–Kier alpha value is -1.75. The number of amides is 1. The van der Waals surface area contributed by atoms with Gasteiger partial charge in [-0.2, -0.15) is 0 Å². The van der Waals surface area contributed by atoms with E-state index in [1.54, 1.807) is 4.90 Å². The van der Waals surface area contributed by atoms with E-state index in [9.17, 15) is 4.79 Å². The number of cyclic esters (lactones) is 1. The first-order valence-corrected chi connectivity index (χ1v) is 5.71. The number of hydrogen-bond donors (Lipinski definition) is 2. The number of nitrogens with one attached hydrogen (secondary N) is 1. The fourth-order valence-corrected chi connectivity index (χ4v) is 1.73. The van der Waals surface area contributed by atoms with Crippen molar-refractivity contribution in [3.8, 4) is 0 Å². The lowest BCUT2D eigenvalue weighted by Gasteiger charge is -2.17. The molecule has 1 amide bonds. The number of anilines is 2. The predicted molar refractivity (Wildman–Crippen MR) is 67.3 cm³/mol. The summed E-state index contributed by atoms with van der Waals surface area (Å²) in [6, 6.07) is 7.89. The highest BCUT2D eigenvalue weighted by Gasteiger charge is 2.23. The van der Waals surface area contributed by atoms with Crippen molar-refractivity contribution in [3.63, 3.8) is 0 Å². The zero-order valence-corrected chi connectivity index (χ0v) is 9.85. The molecule has 0 saturated carbocycles. The van der Waals surface area contributed by atoms with Crippen LogP contribution in [-0.2, 0) is 4.74 Å². The number of nitrogens with zero attached hydrogens (tertiary/aromatic N) is 1. The lowest BCUT2D eigenvalue weighted by atomic mass is 10.2. The molecular weight excluding hydrogens is 218 g/mol. The van der Waals surface area contributed by atoms with Crippen molar-refractivity contribution in [2.24, 2.45) is 5.73 Å². The molecule has 5 heteroatoms. The number of rotatable bonds is 4. The zero-order valence-electron chi connectivity index (χ0n) is 9.85. The van der Waals surface area contributed by atoms with Crippen molar-refractivity contribution < 1.29 is 9.53 Å². The summed E-state index contributed by atoms with van der Waals surface area (Å²) >= 11 is 0. The monoisotopic (exact) mass is 235 g/mol. The molecule has 1 aromatic carbocycles. The molecule has 0 aliphatic carbocycles. The first kappa shape index (κ1) is 11.7. The Kier molecular flexibility index (Phi) is 3.49. The second-order valence-electron chi connectivity index (χ2n) is 4.10. The molecule has 2 rings (SSSR count). The van der Waals surface area contributed by atoms with Gasteiger partial charge in [0.1, 0.15) is 6.61 Å². The summed E-state index contributed by atoms with van der Waals surface area (Å²) in [6.07, 6.45) is -0.283. The summed E-state index contributed by atoms with van der Waals surface area (Å²) in [5.41, 5.74) is 7.36. The van der Waals surface area contributed by atoms with Crippen molar-refractivity contribution in [2.75, 3.05) is 29.9 Å². The zero-order chi connectivity index (χ0) is 12.3. The lowest BCUT2D eigenvalue weighted by molar-refractivity contribution is 0.181. The van der Waals surface area contributed by atoms with Crippen LogP contribution in [0.15, 0.2) is 24.3 Å². The van der Waals surface area contributed by atoms with Gasteiger partial charge in [-0.25, -0.2) is 4.79 Å². The van der Waals surface area contributed by atoms with Gasteiger partial charge in [-0.3, -0.25) is 4.90 Å². The van der Waals surface area contributed by atoms with E-state index in [1.165, 1.54) is 0 Å². The fourth-order valence-electron chi connectivity index (χ4n) is 1.73. The topological polar surface area (TPSA) is 67.6 Å². The largest absolute Gasteiger partial charge is 0.447 e. The fraction of sp³-hybridized carbons (Fsp3) is 0.417. The molecule has 1 fully saturated rings. The molecule has 1 unspecified atom stereocenters. The quantitative estimate of drug-likeness (QED) is 0.827. The number of carbonyl (C=O) groups is 1. The van der Waals surface area contributed by atoms with Gasteiger partial charge in [0.05, 0.1) is 6.54 Å². The molecule has 0 bridgehead atoms. The maximum atomic E-state index is 11.4. The Morgan fingerprint density at radius 1 is 1.59 bits per heavy atom. The van der Waals surface area contributed by atoms with Crippen LogP contribution in [0.3, 0.4) is 0 Å². The van der Waals surface area contributed by atoms with Gasteiger partial charge >= 0.3 is 6.09 Å². The minimum atomic E-state index is -0.283. The standard InChI is InChI=1S/C12H17N3O2/c1-9(8-13)14-10-3-2-4-11(7-10)15-5-6-17-12(15)16/h2-4,7,9,14H,5-6,8,13H2,1H3. The molecule has 17 heavy (non-hydrogen) atoms. The molecule has 0 aromatic heterocycles. The van der Waals surface area contributed by atoms with E-state index in [1.807, 2.05) is 31.2 Å². The molecule has 1 heterocycles. The van der Waals surface area contributed by atoms with Crippen molar-refractivity contribution in [1.29, 1.82) is 0 Å². The Balaban J connectivity index is 2.13. The van der Waals surface area contributed by atoms with Gasteiger partial charge in [-0.05, 0) is 25.1 Å². The van der Waals surface area contributed by atoms with E-state index in [2.05, 4.69) is 5.32 Å². The molecule has 1 aliphatic heterocycles. The molecule has 0 radical (unpaired) electrons. The highest BCUT2D eigenvalue weighted by atomic mass is 16.6. The summed E-state index contributed by atoms with van der Waals surface area (Å²) in [7, 11) is 0. The third kappa shape index (κ3) is 2.68. The molecule has 5 nitrogen and oxygen atoms in total. The van der Waals surface area contributed by atoms with Crippen LogP contribution in [-0.4, -0.2) is 31.8 Å². The molecule has 1 saturated heterocycles. The van der Waals surface area contributed by atoms with E-state index in [0.717, 1.165) is 11.4 Å². The van der Waals surface area contributed by atoms with Gasteiger partial charge < -0.3 is 15.8 Å². The second kappa shape index (κ2) is 5.05. The van der Waals surface area contributed by atoms with Crippen LogP contribution in [0.2, 0.25) is 0 Å². The lowest BCUT2D eigenvalue weighted by Crippen LogP contribution is -2.26. The van der Waals surface area contributed by atoms with Crippen LogP contribution in [0.4, 0.5) is 16.2 Å². The summed E-state index contributed by atoms with van der Waals surface area (Å²) in [5.74, 6) is 0. The summed E-state index contributed by atoms with van der Waals surface area (Å²) in [5, 5.41) is 3.27. The van der Waals surface area contributed by atoms with Crippen molar-refractivity contribution >= 4 is 17.5 Å². The summed E-state index contributed by atoms with van der Waals surface area (Å²) in [6.45, 7) is 3.64. The van der Waals surface area contributed by atoms with Gasteiger partial charge in [0.15, 0.2) is 0 Å². The van der Waals surface area contributed by atoms with Crippen LogP contribution < -0.4 is 16.0 Å². The molecule has 1 atom stereocenters. The number of hydrogen-bond acceptors (Lipinski definition) is 4. The Bertz CT molecular complexity index is 408. The van der Waals surface area contributed by atoms with Crippen LogP contribution in [0.25, 0.3) is 0 Å². The normalized spacial score (nSPS) is 16.8.